The van der Waals surface area contributed by atoms with Gasteiger partial charge in [0.25, 0.3) is 0 Å². The number of nitrogens with one attached hydrogen (secondary N) is 2. The van der Waals surface area contributed by atoms with E-state index in [0.29, 0.717) is 5.82 Å². The van der Waals surface area contributed by atoms with Gasteiger partial charge in [0.2, 0.25) is 0 Å². The SMILES string of the molecule is C=CCC(NC(=O)Nc1ccn(C)n1)C(=O)O. The summed E-state index contributed by atoms with van der Waals surface area (Å²) in [5.74, 6) is -0.756. The van der Waals surface area contributed by atoms with Crippen LogP contribution < -0.4 is 10.6 Å². The molecule has 0 bridgehead atoms. The smallest absolute Gasteiger partial charge is 0.326 e. The van der Waals surface area contributed by atoms with Crippen LogP contribution in [0.5, 0.6) is 0 Å². The van der Waals surface area contributed by atoms with Gasteiger partial charge in [-0.15, -0.1) is 6.58 Å². The van der Waals surface area contributed by atoms with E-state index in [0.717, 1.165) is 0 Å². The average molecular weight is 238 g/mol. The summed E-state index contributed by atoms with van der Waals surface area (Å²) in [5.41, 5.74) is 0. The minimum absolute atomic E-state index is 0.158. The molecule has 1 unspecified atom stereocenters. The summed E-state index contributed by atoms with van der Waals surface area (Å²) < 4.78 is 1.52. The predicted octanol–water partition coefficient (Wildman–Crippen LogP) is 0.571. The first kappa shape index (κ1) is 12.8. The number of carboxylic acid groups (broad SMARTS) is 1. The molecule has 2 amide bonds. The number of anilines is 1. The molecule has 0 radical (unpaired) electrons. The number of carbonyl (C=O) groups excluding carboxylic acids is 1. The van der Waals surface area contributed by atoms with Crippen molar-refractivity contribution in [1.82, 2.24) is 15.1 Å². The first-order valence-electron chi connectivity index (χ1n) is 4.93. The number of aliphatic carboxylic acids is 1. The van der Waals surface area contributed by atoms with E-state index in [1.54, 1.807) is 19.3 Å². The Bertz CT molecular complexity index is 427. The maximum Gasteiger partial charge on any atom is 0.326 e. The third kappa shape index (κ3) is 3.98. The molecular weight excluding hydrogens is 224 g/mol. The van der Waals surface area contributed by atoms with Crippen LogP contribution in [0, 0.1) is 0 Å². The zero-order valence-corrected chi connectivity index (χ0v) is 9.38. The lowest BCUT2D eigenvalue weighted by atomic mass is 10.2. The number of amides is 2. The van der Waals surface area contributed by atoms with Gasteiger partial charge in [-0.2, -0.15) is 5.10 Å². The fourth-order valence-electron chi connectivity index (χ4n) is 1.18. The number of aromatic nitrogens is 2. The minimum atomic E-state index is -1.11. The molecule has 1 heterocycles. The Morgan fingerprint density at radius 3 is 2.88 bits per heavy atom. The van der Waals surface area contributed by atoms with Crippen LogP contribution in [0.2, 0.25) is 0 Å². The molecule has 0 fully saturated rings. The van der Waals surface area contributed by atoms with Gasteiger partial charge in [-0.1, -0.05) is 6.08 Å². The number of urea groups is 1. The monoisotopic (exact) mass is 238 g/mol. The van der Waals surface area contributed by atoms with Crippen LogP contribution in [-0.4, -0.2) is 32.9 Å². The Balaban J connectivity index is 2.53. The van der Waals surface area contributed by atoms with E-state index in [1.807, 2.05) is 0 Å². The third-order valence-electron chi connectivity index (χ3n) is 1.96. The molecule has 3 N–H and O–H groups in total. The highest BCUT2D eigenvalue weighted by molar-refractivity contribution is 5.91. The summed E-state index contributed by atoms with van der Waals surface area (Å²) in [6, 6.07) is -0.00257. The maximum absolute atomic E-state index is 11.4. The van der Waals surface area contributed by atoms with E-state index in [2.05, 4.69) is 22.3 Å². The second-order valence-electron chi connectivity index (χ2n) is 3.39. The van der Waals surface area contributed by atoms with Crippen LogP contribution in [-0.2, 0) is 11.8 Å². The van der Waals surface area contributed by atoms with Crippen molar-refractivity contribution in [1.29, 1.82) is 0 Å². The van der Waals surface area contributed by atoms with Crippen LogP contribution in [0.1, 0.15) is 6.42 Å². The van der Waals surface area contributed by atoms with E-state index in [4.69, 9.17) is 5.11 Å². The van der Waals surface area contributed by atoms with Crippen LogP contribution in [0.25, 0.3) is 0 Å². The summed E-state index contributed by atoms with van der Waals surface area (Å²) in [6.45, 7) is 3.43. The van der Waals surface area contributed by atoms with Gasteiger partial charge in [-0.05, 0) is 6.42 Å². The van der Waals surface area contributed by atoms with E-state index >= 15 is 0 Å². The van der Waals surface area contributed by atoms with Crippen molar-refractivity contribution in [2.75, 3.05) is 5.32 Å². The van der Waals surface area contributed by atoms with Crippen molar-refractivity contribution in [3.05, 3.63) is 24.9 Å². The highest BCUT2D eigenvalue weighted by Crippen LogP contribution is 2.01. The van der Waals surface area contributed by atoms with Crippen molar-refractivity contribution in [2.45, 2.75) is 12.5 Å². The van der Waals surface area contributed by atoms with Gasteiger partial charge < -0.3 is 10.4 Å². The fraction of sp³-hybridized carbons (Fsp3) is 0.300. The van der Waals surface area contributed by atoms with E-state index < -0.39 is 18.0 Å². The lowest BCUT2D eigenvalue weighted by Crippen LogP contribution is -2.42. The molecule has 1 aromatic rings. The van der Waals surface area contributed by atoms with Crippen molar-refractivity contribution >= 4 is 17.8 Å². The Morgan fingerprint density at radius 2 is 2.41 bits per heavy atom. The molecule has 0 saturated heterocycles. The number of hydrogen-bond acceptors (Lipinski definition) is 3. The molecule has 0 aliphatic rings. The molecule has 7 nitrogen and oxygen atoms in total. The van der Waals surface area contributed by atoms with Gasteiger partial charge in [-0.25, -0.2) is 9.59 Å². The molecule has 0 spiro atoms. The fourth-order valence-corrected chi connectivity index (χ4v) is 1.18. The number of hydrogen-bond donors (Lipinski definition) is 3. The molecular formula is C10H14N4O3. The second kappa shape index (κ2) is 5.69. The topological polar surface area (TPSA) is 96.3 Å². The zero-order chi connectivity index (χ0) is 12.8. The van der Waals surface area contributed by atoms with Crippen molar-refractivity contribution in [3.63, 3.8) is 0 Å². The number of carbonyl (C=O) groups is 2. The molecule has 7 heteroatoms. The van der Waals surface area contributed by atoms with E-state index in [1.165, 1.54) is 10.8 Å². The summed E-state index contributed by atoms with van der Waals surface area (Å²) in [5, 5.41) is 17.5. The number of aryl methyl sites for hydroxylation is 1. The highest BCUT2D eigenvalue weighted by atomic mass is 16.4. The van der Waals surface area contributed by atoms with Crippen LogP contribution in [0.3, 0.4) is 0 Å². The van der Waals surface area contributed by atoms with Gasteiger partial charge in [0, 0.05) is 19.3 Å². The Morgan fingerprint density at radius 1 is 1.71 bits per heavy atom. The predicted molar refractivity (Wildman–Crippen MR) is 61.6 cm³/mol. The van der Waals surface area contributed by atoms with Crippen molar-refractivity contribution in [2.24, 2.45) is 7.05 Å². The third-order valence-corrected chi connectivity index (χ3v) is 1.96. The average Bonchev–Trinajstić information content (AvgIpc) is 2.63. The minimum Gasteiger partial charge on any atom is -0.480 e. The molecule has 0 aliphatic heterocycles. The molecule has 0 aliphatic carbocycles. The first-order valence-corrected chi connectivity index (χ1v) is 4.93. The summed E-state index contributed by atoms with van der Waals surface area (Å²) in [4.78, 5) is 22.2. The molecule has 1 rings (SSSR count). The van der Waals surface area contributed by atoms with Crippen LogP contribution >= 0.6 is 0 Å². The van der Waals surface area contributed by atoms with Crippen molar-refractivity contribution < 1.29 is 14.7 Å². The molecule has 1 aromatic heterocycles. The lowest BCUT2D eigenvalue weighted by molar-refractivity contribution is -0.139. The lowest BCUT2D eigenvalue weighted by Gasteiger charge is -2.12. The summed E-state index contributed by atoms with van der Waals surface area (Å²) >= 11 is 0. The van der Waals surface area contributed by atoms with Crippen molar-refractivity contribution in [3.8, 4) is 0 Å². The summed E-state index contributed by atoms with van der Waals surface area (Å²) in [7, 11) is 1.71. The molecule has 1 atom stereocenters. The highest BCUT2D eigenvalue weighted by Gasteiger charge is 2.18. The van der Waals surface area contributed by atoms with Crippen LogP contribution in [0.15, 0.2) is 24.9 Å². The van der Waals surface area contributed by atoms with E-state index in [-0.39, 0.29) is 6.42 Å². The normalized spacial score (nSPS) is 11.6. The molecule has 17 heavy (non-hydrogen) atoms. The van der Waals surface area contributed by atoms with Gasteiger partial charge >= 0.3 is 12.0 Å². The van der Waals surface area contributed by atoms with Gasteiger partial charge in [0.15, 0.2) is 5.82 Å². The molecule has 0 aromatic carbocycles. The second-order valence-corrected chi connectivity index (χ2v) is 3.39. The largest absolute Gasteiger partial charge is 0.480 e. The zero-order valence-electron chi connectivity index (χ0n) is 9.38. The summed E-state index contributed by atoms with van der Waals surface area (Å²) in [6.07, 6.45) is 3.25. The van der Waals surface area contributed by atoms with Gasteiger partial charge in [0.1, 0.15) is 6.04 Å². The number of nitrogens with zero attached hydrogens (tertiary/aromatic N) is 2. The van der Waals surface area contributed by atoms with Gasteiger partial charge in [0.05, 0.1) is 0 Å². The quantitative estimate of drug-likeness (QED) is 0.653. The van der Waals surface area contributed by atoms with E-state index in [9.17, 15) is 9.59 Å². The Hall–Kier alpha value is -2.31. The molecule has 0 saturated carbocycles. The standard InChI is InChI=1S/C10H14N4O3/c1-3-4-7(9(15)16)11-10(17)12-8-5-6-14(2)13-8/h3,5-7H,1,4H2,2H3,(H,15,16)(H2,11,12,13,17). The molecule has 92 valence electrons. The van der Waals surface area contributed by atoms with Gasteiger partial charge in [-0.3, -0.25) is 10.00 Å². The first-order chi connectivity index (χ1) is 8.02. The van der Waals surface area contributed by atoms with Crippen LogP contribution in [0.4, 0.5) is 10.6 Å². The maximum atomic E-state index is 11.4. The number of carboxylic acids is 1. The number of rotatable bonds is 5. The Kier molecular flexibility index (Phi) is 4.27. The Labute approximate surface area is 98.1 Å².